The number of fused-ring (bicyclic) bond motifs is 1. The molecule has 1 aromatic carbocycles. The fourth-order valence-electron chi connectivity index (χ4n) is 3.11. The number of nitrogens with zero attached hydrogens (tertiary/aromatic N) is 4. The van der Waals surface area contributed by atoms with Crippen molar-refractivity contribution in [1.29, 1.82) is 0 Å². The van der Waals surface area contributed by atoms with Gasteiger partial charge in [0.25, 0.3) is 5.91 Å². The van der Waals surface area contributed by atoms with Gasteiger partial charge >= 0.3 is 0 Å². The van der Waals surface area contributed by atoms with Crippen molar-refractivity contribution in [3.05, 3.63) is 77.9 Å². The molecule has 0 atom stereocenters. The van der Waals surface area contributed by atoms with Gasteiger partial charge < -0.3 is 14.8 Å². The summed E-state index contributed by atoms with van der Waals surface area (Å²) in [5, 5.41) is 7.25. The van der Waals surface area contributed by atoms with Gasteiger partial charge in [0.15, 0.2) is 5.65 Å². The number of amides is 1. The maximum atomic E-state index is 12.8. The highest BCUT2D eigenvalue weighted by Gasteiger charge is 2.18. The molecular weight excluding hydrogens is 394 g/mol. The lowest BCUT2D eigenvalue weighted by Crippen LogP contribution is -2.24. The molecule has 4 rings (SSSR count). The highest BCUT2D eigenvalue weighted by molar-refractivity contribution is 6.00. The molecule has 0 radical (unpaired) electrons. The minimum atomic E-state index is -0.251. The summed E-state index contributed by atoms with van der Waals surface area (Å²) in [5.41, 5.74) is 2.34. The van der Waals surface area contributed by atoms with E-state index in [4.69, 9.17) is 9.47 Å². The Hall–Kier alpha value is -3.94. The van der Waals surface area contributed by atoms with E-state index in [-0.39, 0.29) is 12.5 Å². The van der Waals surface area contributed by atoms with Crippen molar-refractivity contribution in [3.8, 4) is 17.4 Å². The van der Waals surface area contributed by atoms with E-state index in [1.165, 1.54) is 0 Å². The number of carbonyl (C=O) groups is 1. The van der Waals surface area contributed by atoms with Crippen LogP contribution >= 0.6 is 0 Å². The lowest BCUT2D eigenvalue weighted by Gasteiger charge is -2.11. The van der Waals surface area contributed by atoms with Gasteiger partial charge in [0, 0.05) is 30.7 Å². The predicted octanol–water partition coefficient (Wildman–Crippen LogP) is 3.94. The Kier molecular flexibility index (Phi) is 6.07. The first kappa shape index (κ1) is 20.3. The number of hydrogen-bond donors (Lipinski definition) is 1. The Bertz CT molecular complexity index is 1190. The SMILES string of the molecule is CCCOc1ccc(Oc2ncccc2CNC(=O)c2c(C)nn3cccnc23)cc1. The normalized spacial score (nSPS) is 10.8. The van der Waals surface area contributed by atoms with Crippen molar-refractivity contribution in [2.45, 2.75) is 26.8 Å². The topological polar surface area (TPSA) is 90.6 Å². The van der Waals surface area contributed by atoms with Gasteiger partial charge in [0.05, 0.1) is 12.3 Å². The Morgan fingerprint density at radius 1 is 1.06 bits per heavy atom. The molecule has 0 spiro atoms. The van der Waals surface area contributed by atoms with Crippen LogP contribution in [0.2, 0.25) is 0 Å². The van der Waals surface area contributed by atoms with E-state index in [9.17, 15) is 4.79 Å². The molecule has 0 saturated heterocycles. The van der Waals surface area contributed by atoms with E-state index in [0.29, 0.717) is 35.1 Å². The molecule has 3 aromatic heterocycles. The molecule has 8 nitrogen and oxygen atoms in total. The van der Waals surface area contributed by atoms with Crippen molar-refractivity contribution in [1.82, 2.24) is 24.9 Å². The molecular formula is C23H23N5O3. The molecule has 0 bridgehead atoms. The number of nitrogens with one attached hydrogen (secondary N) is 1. The van der Waals surface area contributed by atoms with Crippen LogP contribution in [0.1, 0.15) is 35.0 Å². The Morgan fingerprint density at radius 3 is 2.65 bits per heavy atom. The number of rotatable bonds is 8. The second-order valence-electron chi connectivity index (χ2n) is 6.92. The number of ether oxygens (including phenoxy) is 2. The maximum absolute atomic E-state index is 12.8. The number of aryl methyl sites for hydroxylation is 1. The van der Waals surface area contributed by atoms with Crippen LogP contribution in [0, 0.1) is 6.92 Å². The smallest absolute Gasteiger partial charge is 0.257 e. The number of hydrogen-bond acceptors (Lipinski definition) is 6. The minimum Gasteiger partial charge on any atom is -0.494 e. The maximum Gasteiger partial charge on any atom is 0.257 e. The van der Waals surface area contributed by atoms with E-state index in [2.05, 4.69) is 27.3 Å². The summed E-state index contributed by atoms with van der Waals surface area (Å²) in [6.45, 7) is 4.78. The summed E-state index contributed by atoms with van der Waals surface area (Å²) in [6, 6.07) is 12.8. The molecule has 0 saturated carbocycles. The second kappa shape index (κ2) is 9.25. The van der Waals surface area contributed by atoms with Gasteiger partial charge in [0.1, 0.15) is 17.1 Å². The van der Waals surface area contributed by atoms with Gasteiger partial charge in [-0.1, -0.05) is 13.0 Å². The molecule has 0 aliphatic heterocycles. The van der Waals surface area contributed by atoms with E-state index >= 15 is 0 Å². The lowest BCUT2D eigenvalue weighted by atomic mass is 10.2. The molecule has 31 heavy (non-hydrogen) atoms. The zero-order valence-corrected chi connectivity index (χ0v) is 17.4. The van der Waals surface area contributed by atoms with E-state index in [1.54, 1.807) is 42.2 Å². The molecule has 0 unspecified atom stereocenters. The summed E-state index contributed by atoms with van der Waals surface area (Å²) in [7, 11) is 0. The van der Waals surface area contributed by atoms with Crippen molar-refractivity contribution < 1.29 is 14.3 Å². The van der Waals surface area contributed by atoms with Crippen molar-refractivity contribution in [2.75, 3.05) is 6.61 Å². The average molecular weight is 417 g/mol. The third kappa shape index (κ3) is 4.63. The summed E-state index contributed by atoms with van der Waals surface area (Å²) in [5.74, 6) is 1.61. The van der Waals surface area contributed by atoms with Crippen molar-refractivity contribution in [3.63, 3.8) is 0 Å². The van der Waals surface area contributed by atoms with Crippen molar-refractivity contribution >= 4 is 11.6 Å². The fraction of sp³-hybridized carbons (Fsp3) is 0.217. The Morgan fingerprint density at radius 2 is 1.84 bits per heavy atom. The number of benzene rings is 1. The summed E-state index contributed by atoms with van der Waals surface area (Å²) >= 11 is 0. The molecule has 0 fully saturated rings. The van der Waals surface area contributed by atoms with Gasteiger partial charge in [-0.15, -0.1) is 0 Å². The summed E-state index contributed by atoms with van der Waals surface area (Å²) in [4.78, 5) is 21.4. The average Bonchev–Trinajstić information content (AvgIpc) is 3.13. The van der Waals surface area contributed by atoms with Crippen LogP contribution in [0.25, 0.3) is 5.65 Å². The minimum absolute atomic E-state index is 0.251. The highest BCUT2D eigenvalue weighted by atomic mass is 16.5. The van der Waals surface area contributed by atoms with E-state index < -0.39 is 0 Å². The molecule has 1 N–H and O–H groups in total. The van der Waals surface area contributed by atoms with Gasteiger partial charge in [0.2, 0.25) is 5.88 Å². The first-order valence-electron chi connectivity index (χ1n) is 10.1. The van der Waals surface area contributed by atoms with Crippen molar-refractivity contribution in [2.24, 2.45) is 0 Å². The number of aromatic nitrogens is 4. The van der Waals surface area contributed by atoms with Crippen LogP contribution in [0.3, 0.4) is 0 Å². The highest BCUT2D eigenvalue weighted by Crippen LogP contribution is 2.25. The molecule has 4 aromatic rings. The number of carbonyl (C=O) groups excluding carboxylic acids is 1. The van der Waals surface area contributed by atoms with Crippen LogP contribution in [0.15, 0.2) is 61.1 Å². The molecule has 1 amide bonds. The molecule has 0 aliphatic rings. The quantitative estimate of drug-likeness (QED) is 0.467. The lowest BCUT2D eigenvalue weighted by molar-refractivity contribution is 0.0951. The predicted molar refractivity (Wildman–Crippen MR) is 115 cm³/mol. The van der Waals surface area contributed by atoms with Crippen LogP contribution in [-0.4, -0.2) is 32.1 Å². The van der Waals surface area contributed by atoms with E-state index in [0.717, 1.165) is 17.7 Å². The first-order chi connectivity index (χ1) is 15.2. The standard InChI is InChI=1S/C23H23N5O3/c1-3-14-30-18-7-9-19(10-8-18)31-23-17(6-4-11-25-23)15-26-22(29)20-16(2)27-28-13-5-12-24-21(20)28/h4-13H,3,14-15H2,1-2H3,(H,26,29). The molecule has 158 valence electrons. The summed E-state index contributed by atoms with van der Waals surface area (Å²) < 4.78 is 13.1. The van der Waals surface area contributed by atoms with Gasteiger partial charge in [-0.3, -0.25) is 4.79 Å². The molecule has 0 aliphatic carbocycles. The third-order valence-corrected chi connectivity index (χ3v) is 4.60. The van der Waals surface area contributed by atoms with Crippen LogP contribution < -0.4 is 14.8 Å². The van der Waals surface area contributed by atoms with Gasteiger partial charge in [-0.2, -0.15) is 5.10 Å². The second-order valence-corrected chi connectivity index (χ2v) is 6.92. The fourth-order valence-corrected chi connectivity index (χ4v) is 3.11. The van der Waals surface area contributed by atoms with Crippen LogP contribution in [0.4, 0.5) is 0 Å². The van der Waals surface area contributed by atoms with Crippen LogP contribution in [-0.2, 0) is 6.54 Å². The zero-order chi connectivity index (χ0) is 21.6. The molecule has 8 heteroatoms. The van der Waals surface area contributed by atoms with Gasteiger partial charge in [-0.05, 0) is 49.7 Å². The van der Waals surface area contributed by atoms with Crippen LogP contribution in [0.5, 0.6) is 17.4 Å². The Labute approximate surface area is 179 Å². The zero-order valence-electron chi connectivity index (χ0n) is 17.4. The molecule has 3 heterocycles. The van der Waals surface area contributed by atoms with Gasteiger partial charge in [-0.25, -0.2) is 14.5 Å². The first-order valence-corrected chi connectivity index (χ1v) is 10.1. The number of pyridine rings is 1. The Balaban J connectivity index is 1.46. The third-order valence-electron chi connectivity index (χ3n) is 4.60. The summed E-state index contributed by atoms with van der Waals surface area (Å²) in [6.07, 6.45) is 6.00. The van der Waals surface area contributed by atoms with E-state index in [1.807, 2.05) is 30.3 Å². The monoisotopic (exact) mass is 417 g/mol. The largest absolute Gasteiger partial charge is 0.494 e.